The van der Waals surface area contributed by atoms with Crippen molar-refractivity contribution in [3.8, 4) is 0 Å². The number of hydrogen-bond acceptors (Lipinski definition) is 3. The third kappa shape index (κ3) is 4.94. The van der Waals surface area contributed by atoms with Gasteiger partial charge in [0.05, 0.1) is 6.54 Å². The first kappa shape index (κ1) is 15.6. The summed E-state index contributed by atoms with van der Waals surface area (Å²) < 4.78 is 0. The Balaban J connectivity index is 1.72. The number of anilines is 1. The Bertz CT molecular complexity index is 641. The first-order valence-electron chi connectivity index (χ1n) is 7.06. The minimum Gasteiger partial charge on any atom is -0.376 e. The van der Waals surface area contributed by atoms with Crippen molar-refractivity contribution in [2.45, 2.75) is 13.5 Å². The second-order valence-electron chi connectivity index (χ2n) is 4.88. The molecule has 2 rings (SSSR count). The van der Waals surface area contributed by atoms with Crippen LogP contribution >= 0.6 is 0 Å². The van der Waals surface area contributed by atoms with Crippen LogP contribution in [0, 0.1) is 6.92 Å². The van der Waals surface area contributed by atoms with Crippen LogP contribution in [0.2, 0.25) is 0 Å². The highest BCUT2D eigenvalue weighted by atomic mass is 16.2. The summed E-state index contributed by atoms with van der Waals surface area (Å²) in [6, 6.07) is 16.7. The molecule has 0 atom stereocenters. The Morgan fingerprint density at radius 3 is 2.36 bits per heavy atom. The predicted octanol–water partition coefficient (Wildman–Crippen LogP) is 2.43. The fourth-order valence-electron chi connectivity index (χ4n) is 1.94. The van der Waals surface area contributed by atoms with E-state index in [4.69, 9.17) is 0 Å². The van der Waals surface area contributed by atoms with Crippen molar-refractivity contribution in [3.05, 3.63) is 65.7 Å². The summed E-state index contributed by atoms with van der Waals surface area (Å²) in [6.45, 7) is 2.38. The molecule has 0 radical (unpaired) electrons. The molecule has 0 spiro atoms. The van der Waals surface area contributed by atoms with Crippen LogP contribution in [-0.4, -0.2) is 18.5 Å². The highest BCUT2D eigenvalue weighted by Crippen LogP contribution is 2.12. The maximum atomic E-state index is 11.7. The number of rotatable bonds is 5. The number of carbonyl (C=O) groups is 2. The average molecular weight is 297 g/mol. The number of imide groups is 1. The molecule has 3 amide bonds. The summed E-state index contributed by atoms with van der Waals surface area (Å²) in [6.07, 6.45) is 0. The largest absolute Gasteiger partial charge is 0.376 e. The summed E-state index contributed by atoms with van der Waals surface area (Å²) in [5.74, 6) is -0.381. The van der Waals surface area contributed by atoms with Crippen LogP contribution in [0.4, 0.5) is 10.5 Å². The van der Waals surface area contributed by atoms with Crippen LogP contribution in [0.1, 0.15) is 11.1 Å². The van der Waals surface area contributed by atoms with Crippen molar-refractivity contribution >= 4 is 17.6 Å². The fourth-order valence-corrected chi connectivity index (χ4v) is 1.94. The first-order chi connectivity index (χ1) is 10.6. The molecule has 22 heavy (non-hydrogen) atoms. The van der Waals surface area contributed by atoms with Gasteiger partial charge in [0.25, 0.3) is 0 Å². The molecular formula is C17H19N3O2. The number of urea groups is 1. The van der Waals surface area contributed by atoms with Crippen molar-refractivity contribution in [1.82, 2.24) is 10.6 Å². The second kappa shape index (κ2) is 7.83. The van der Waals surface area contributed by atoms with Gasteiger partial charge in [-0.05, 0) is 24.1 Å². The molecule has 114 valence electrons. The summed E-state index contributed by atoms with van der Waals surface area (Å²) in [7, 11) is 0. The van der Waals surface area contributed by atoms with E-state index < -0.39 is 6.03 Å². The third-order valence-electron chi connectivity index (χ3n) is 3.13. The molecule has 0 saturated carbocycles. The number of benzene rings is 2. The number of para-hydroxylation sites is 1. The Labute approximate surface area is 129 Å². The lowest BCUT2D eigenvalue weighted by Crippen LogP contribution is -2.41. The third-order valence-corrected chi connectivity index (χ3v) is 3.13. The lowest BCUT2D eigenvalue weighted by molar-refractivity contribution is -0.118. The normalized spacial score (nSPS) is 9.86. The fraction of sp³-hybridized carbons (Fsp3) is 0.176. The first-order valence-corrected chi connectivity index (χ1v) is 7.06. The van der Waals surface area contributed by atoms with Gasteiger partial charge in [0.15, 0.2) is 0 Å². The van der Waals surface area contributed by atoms with E-state index in [0.29, 0.717) is 6.54 Å². The van der Waals surface area contributed by atoms with Gasteiger partial charge in [0, 0.05) is 12.2 Å². The molecule has 0 fully saturated rings. The van der Waals surface area contributed by atoms with Gasteiger partial charge in [-0.25, -0.2) is 4.79 Å². The molecule has 3 N–H and O–H groups in total. The van der Waals surface area contributed by atoms with E-state index in [-0.39, 0.29) is 12.5 Å². The molecule has 0 aliphatic rings. The Morgan fingerprint density at radius 2 is 1.64 bits per heavy atom. The molecule has 0 unspecified atom stereocenters. The van der Waals surface area contributed by atoms with Crippen LogP contribution < -0.4 is 16.0 Å². The van der Waals surface area contributed by atoms with E-state index in [1.165, 1.54) is 0 Å². The Hall–Kier alpha value is -2.82. The second-order valence-corrected chi connectivity index (χ2v) is 4.88. The molecule has 2 aromatic carbocycles. The van der Waals surface area contributed by atoms with E-state index in [1.54, 1.807) is 0 Å². The van der Waals surface area contributed by atoms with Crippen molar-refractivity contribution in [1.29, 1.82) is 0 Å². The molecule has 0 aromatic heterocycles. The van der Waals surface area contributed by atoms with Crippen LogP contribution in [0.3, 0.4) is 0 Å². The highest BCUT2D eigenvalue weighted by molar-refractivity contribution is 5.96. The van der Waals surface area contributed by atoms with Crippen molar-refractivity contribution in [2.24, 2.45) is 0 Å². The van der Waals surface area contributed by atoms with E-state index in [0.717, 1.165) is 16.8 Å². The topological polar surface area (TPSA) is 70.2 Å². The molecule has 0 aliphatic heterocycles. The number of hydrogen-bond donors (Lipinski definition) is 3. The Kier molecular flexibility index (Phi) is 5.54. The maximum absolute atomic E-state index is 11.7. The van der Waals surface area contributed by atoms with E-state index in [2.05, 4.69) is 16.0 Å². The van der Waals surface area contributed by atoms with Crippen molar-refractivity contribution in [2.75, 3.05) is 11.9 Å². The van der Waals surface area contributed by atoms with Crippen LogP contribution in [0.25, 0.3) is 0 Å². The van der Waals surface area contributed by atoms with Crippen LogP contribution in [0.5, 0.6) is 0 Å². The summed E-state index contributed by atoms with van der Waals surface area (Å²) in [4.78, 5) is 23.3. The van der Waals surface area contributed by atoms with E-state index in [9.17, 15) is 9.59 Å². The molecule has 5 nitrogen and oxygen atoms in total. The molecule has 0 heterocycles. The van der Waals surface area contributed by atoms with Crippen LogP contribution in [0.15, 0.2) is 54.6 Å². The van der Waals surface area contributed by atoms with Crippen LogP contribution in [-0.2, 0) is 11.3 Å². The summed E-state index contributed by atoms with van der Waals surface area (Å²) >= 11 is 0. The minimum atomic E-state index is -0.500. The number of amides is 3. The van der Waals surface area contributed by atoms with Gasteiger partial charge in [-0.2, -0.15) is 0 Å². The molecular weight excluding hydrogens is 278 g/mol. The summed E-state index contributed by atoms with van der Waals surface area (Å²) in [5.41, 5.74) is 2.90. The lowest BCUT2D eigenvalue weighted by Gasteiger charge is -2.10. The Morgan fingerprint density at radius 1 is 0.955 bits per heavy atom. The molecule has 2 aromatic rings. The molecule has 0 aliphatic carbocycles. The zero-order chi connectivity index (χ0) is 15.8. The highest BCUT2D eigenvalue weighted by Gasteiger charge is 2.07. The number of aryl methyl sites for hydroxylation is 1. The summed E-state index contributed by atoms with van der Waals surface area (Å²) in [5, 5.41) is 7.93. The van der Waals surface area contributed by atoms with Gasteiger partial charge in [-0.15, -0.1) is 0 Å². The monoisotopic (exact) mass is 297 g/mol. The van der Waals surface area contributed by atoms with Gasteiger partial charge in [-0.1, -0.05) is 48.5 Å². The molecule has 5 heteroatoms. The zero-order valence-electron chi connectivity index (χ0n) is 12.4. The van der Waals surface area contributed by atoms with E-state index in [1.807, 2.05) is 61.5 Å². The van der Waals surface area contributed by atoms with Crippen molar-refractivity contribution < 1.29 is 9.59 Å². The predicted molar refractivity (Wildman–Crippen MR) is 86.5 cm³/mol. The minimum absolute atomic E-state index is 0.0452. The van der Waals surface area contributed by atoms with Crippen molar-refractivity contribution in [3.63, 3.8) is 0 Å². The quantitative estimate of drug-likeness (QED) is 0.794. The van der Waals surface area contributed by atoms with Gasteiger partial charge in [0.1, 0.15) is 0 Å². The van der Waals surface area contributed by atoms with Gasteiger partial charge < -0.3 is 10.6 Å². The SMILES string of the molecule is Cc1ccccc1NCC(=O)NC(=O)NCc1ccccc1. The van der Waals surface area contributed by atoms with Gasteiger partial charge in [-0.3, -0.25) is 10.1 Å². The number of nitrogens with one attached hydrogen (secondary N) is 3. The zero-order valence-corrected chi connectivity index (χ0v) is 12.4. The maximum Gasteiger partial charge on any atom is 0.321 e. The standard InChI is InChI=1S/C17H19N3O2/c1-13-7-5-6-10-15(13)18-12-16(21)20-17(22)19-11-14-8-3-2-4-9-14/h2-10,18H,11-12H2,1H3,(H2,19,20,21,22). The lowest BCUT2D eigenvalue weighted by atomic mass is 10.2. The molecule has 0 bridgehead atoms. The molecule has 0 saturated heterocycles. The number of carbonyl (C=O) groups excluding carboxylic acids is 2. The van der Waals surface area contributed by atoms with E-state index >= 15 is 0 Å². The van der Waals surface area contributed by atoms with Gasteiger partial charge in [0.2, 0.25) is 5.91 Å². The average Bonchev–Trinajstić information content (AvgIpc) is 2.53. The van der Waals surface area contributed by atoms with Gasteiger partial charge >= 0.3 is 6.03 Å². The smallest absolute Gasteiger partial charge is 0.321 e.